The van der Waals surface area contributed by atoms with Gasteiger partial charge >= 0.3 is 0 Å². The number of hydrogen-bond acceptors (Lipinski definition) is 4. The van der Waals surface area contributed by atoms with Gasteiger partial charge in [0.05, 0.1) is 19.8 Å². The summed E-state index contributed by atoms with van der Waals surface area (Å²) >= 11 is 0. The lowest BCUT2D eigenvalue weighted by molar-refractivity contribution is 0.375. The van der Waals surface area contributed by atoms with Crippen molar-refractivity contribution >= 4 is 12.4 Å². The van der Waals surface area contributed by atoms with Crippen molar-refractivity contribution in [2.75, 3.05) is 14.2 Å². The van der Waals surface area contributed by atoms with E-state index in [0.29, 0.717) is 23.5 Å². The molecule has 1 rings (SSSR count). The van der Waals surface area contributed by atoms with Crippen LogP contribution in [0.25, 0.3) is 0 Å². The van der Waals surface area contributed by atoms with Crippen LogP contribution in [-0.2, 0) is 0 Å². The fourth-order valence-electron chi connectivity index (χ4n) is 1.54. The Bertz CT molecular complexity index is 382. The Morgan fingerprint density at radius 1 is 1.41 bits per heavy atom. The van der Waals surface area contributed by atoms with E-state index in [1.54, 1.807) is 12.1 Å². The number of phenolic OH excluding ortho intramolecular Hbond substituents is 1. The van der Waals surface area contributed by atoms with E-state index in [1.807, 2.05) is 0 Å². The van der Waals surface area contributed by atoms with E-state index in [2.05, 4.69) is 6.58 Å². The Kier molecular flexibility index (Phi) is 6.46. The van der Waals surface area contributed by atoms with E-state index in [4.69, 9.17) is 15.2 Å². The molecule has 0 unspecified atom stereocenters. The van der Waals surface area contributed by atoms with Gasteiger partial charge < -0.3 is 20.3 Å². The topological polar surface area (TPSA) is 64.7 Å². The van der Waals surface area contributed by atoms with Gasteiger partial charge in [-0.25, -0.2) is 0 Å². The summed E-state index contributed by atoms with van der Waals surface area (Å²) in [5.41, 5.74) is 6.49. The minimum atomic E-state index is -0.335. The SMILES string of the molecule is C=CC[C@H](N)c1c(O)cc(OC)cc1OC.Cl. The molecule has 1 atom stereocenters. The Labute approximate surface area is 107 Å². The normalized spacial score (nSPS) is 11.2. The van der Waals surface area contributed by atoms with Gasteiger partial charge in [0.25, 0.3) is 0 Å². The molecule has 0 saturated carbocycles. The molecule has 0 heterocycles. The van der Waals surface area contributed by atoms with E-state index >= 15 is 0 Å². The summed E-state index contributed by atoms with van der Waals surface area (Å²) < 4.78 is 10.2. The van der Waals surface area contributed by atoms with Gasteiger partial charge in [0.2, 0.25) is 0 Å². The van der Waals surface area contributed by atoms with Crippen LogP contribution in [0.2, 0.25) is 0 Å². The summed E-state index contributed by atoms with van der Waals surface area (Å²) in [6, 6.07) is 2.87. The molecule has 0 amide bonds. The number of halogens is 1. The first kappa shape index (κ1) is 15.6. The lowest BCUT2D eigenvalue weighted by atomic mass is 10.0. The van der Waals surface area contributed by atoms with Crippen LogP contribution in [-0.4, -0.2) is 19.3 Å². The lowest BCUT2D eigenvalue weighted by Gasteiger charge is -2.17. The van der Waals surface area contributed by atoms with Crippen molar-refractivity contribution in [3.63, 3.8) is 0 Å². The molecular weight excluding hydrogens is 242 g/mol. The fraction of sp³-hybridized carbons (Fsp3) is 0.333. The first-order valence-electron chi connectivity index (χ1n) is 4.95. The zero-order valence-electron chi connectivity index (χ0n) is 9.97. The number of nitrogens with two attached hydrogens (primary N) is 1. The molecule has 96 valence electrons. The van der Waals surface area contributed by atoms with Crippen LogP contribution in [0.1, 0.15) is 18.0 Å². The van der Waals surface area contributed by atoms with E-state index in [-0.39, 0.29) is 24.2 Å². The summed E-state index contributed by atoms with van der Waals surface area (Å²) in [7, 11) is 3.05. The van der Waals surface area contributed by atoms with Crippen LogP contribution < -0.4 is 15.2 Å². The van der Waals surface area contributed by atoms with Crippen LogP contribution in [0.15, 0.2) is 24.8 Å². The average Bonchev–Trinajstić information content (AvgIpc) is 2.27. The number of methoxy groups -OCH3 is 2. The maximum absolute atomic E-state index is 9.86. The summed E-state index contributed by atoms with van der Waals surface area (Å²) in [6.07, 6.45) is 2.27. The quantitative estimate of drug-likeness (QED) is 0.797. The highest BCUT2D eigenvalue weighted by atomic mass is 35.5. The van der Waals surface area contributed by atoms with E-state index < -0.39 is 0 Å². The maximum Gasteiger partial charge on any atom is 0.131 e. The van der Waals surface area contributed by atoms with Crippen LogP contribution >= 0.6 is 12.4 Å². The molecule has 1 aromatic rings. The van der Waals surface area contributed by atoms with Crippen LogP contribution in [0.3, 0.4) is 0 Å². The predicted molar refractivity (Wildman–Crippen MR) is 70.2 cm³/mol. The Hall–Kier alpha value is -1.39. The number of rotatable bonds is 5. The first-order chi connectivity index (χ1) is 7.63. The van der Waals surface area contributed by atoms with E-state index in [9.17, 15) is 5.11 Å². The van der Waals surface area contributed by atoms with Crippen LogP contribution in [0, 0.1) is 0 Å². The van der Waals surface area contributed by atoms with Crippen molar-refractivity contribution in [2.45, 2.75) is 12.5 Å². The third-order valence-corrected chi connectivity index (χ3v) is 2.34. The third kappa shape index (κ3) is 3.54. The Morgan fingerprint density at radius 3 is 2.53 bits per heavy atom. The Morgan fingerprint density at radius 2 is 2.06 bits per heavy atom. The summed E-state index contributed by atoms with van der Waals surface area (Å²) in [5.74, 6) is 1.13. The molecule has 0 spiro atoms. The molecule has 1 aromatic carbocycles. The van der Waals surface area contributed by atoms with Gasteiger partial charge in [0.1, 0.15) is 17.2 Å². The predicted octanol–water partition coefficient (Wildman–Crippen LogP) is 2.41. The van der Waals surface area contributed by atoms with Crippen molar-refractivity contribution < 1.29 is 14.6 Å². The molecule has 0 aliphatic carbocycles. The number of benzene rings is 1. The van der Waals surface area contributed by atoms with Gasteiger partial charge in [-0.05, 0) is 6.42 Å². The second kappa shape index (κ2) is 7.04. The highest BCUT2D eigenvalue weighted by Gasteiger charge is 2.17. The molecule has 0 aliphatic rings. The van der Waals surface area contributed by atoms with Crippen molar-refractivity contribution in [3.8, 4) is 17.2 Å². The molecular formula is C12H18ClNO3. The van der Waals surface area contributed by atoms with Crippen molar-refractivity contribution in [1.82, 2.24) is 0 Å². The number of hydrogen-bond donors (Lipinski definition) is 2. The van der Waals surface area contributed by atoms with Crippen LogP contribution in [0.4, 0.5) is 0 Å². The van der Waals surface area contributed by atoms with Gasteiger partial charge in [-0.1, -0.05) is 6.08 Å². The minimum Gasteiger partial charge on any atom is -0.507 e. The molecule has 0 saturated heterocycles. The molecule has 0 bridgehead atoms. The standard InChI is InChI=1S/C12H17NO3.ClH/c1-4-5-9(13)12-10(14)6-8(15-2)7-11(12)16-3;/h4,6-7,9,14H,1,5,13H2,2-3H3;1H/t9-;/m0./s1. The zero-order chi connectivity index (χ0) is 12.1. The molecule has 3 N–H and O–H groups in total. The van der Waals surface area contributed by atoms with Gasteiger partial charge in [-0.2, -0.15) is 0 Å². The first-order valence-corrected chi connectivity index (χ1v) is 4.95. The highest BCUT2D eigenvalue weighted by molar-refractivity contribution is 5.85. The van der Waals surface area contributed by atoms with Crippen LogP contribution in [0.5, 0.6) is 17.2 Å². The minimum absolute atomic E-state index is 0. The average molecular weight is 260 g/mol. The lowest BCUT2D eigenvalue weighted by Crippen LogP contribution is -2.11. The Balaban J connectivity index is 0.00000256. The number of phenols is 1. The summed E-state index contributed by atoms with van der Waals surface area (Å²) in [5, 5.41) is 9.86. The van der Waals surface area contributed by atoms with Crippen molar-refractivity contribution in [1.29, 1.82) is 0 Å². The zero-order valence-corrected chi connectivity index (χ0v) is 10.8. The molecule has 0 radical (unpaired) electrons. The molecule has 17 heavy (non-hydrogen) atoms. The number of ether oxygens (including phenoxy) is 2. The second-order valence-electron chi connectivity index (χ2n) is 3.39. The third-order valence-electron chi connectivity index (χ3n) is 2.34. The molecule has 0 fully saturated rings. The second-order valence-corrected chi connectivity index (χ2v) is 3.39. The monoisotopic (exact) mass is 259 g/mol. The molecule has 5 heteroatoms. The molecule has 0 aliphatic heterocycles. The largest absolute Gasteiger partial charge is 0.507 e. The van der Waals surface area contributed by atoms with Gasteiger partial charge in [-0.15, -0.1) is 19.0 Å². The van der Waals surface area contributed by atoms with Gasteiger partial charge in [0.15, 0.2) is 0 Å². The van der Waals surface area contributed by atoms with Crippen molar-refractivity contribution in [3.05, 3.63) is 30.4 Å². The summed E-state index contributed by atoms with van der Waals surface area (Å²) in [4.78, 5) is 0. The summed E-state index contributed by atoms with van der Waals surface area (Å²) in [6.45, 7) is 3.62. The smallest absolute Gasteiger partial charge is 0.131 e. The van der Waals surface area contributed by atoms with E-state index in [1.165, 1.54) is 20.3 Å². The fourth-order valence-corrected chi connectivity index (χ4v) is 1.54. The van der Waals surface area contributed by atoms with Crippen molar-refractivity contribution in [2.24, 2.45) is 5.73 Å². The van der Waals surface area contributed by atoms with Gasteiger partial charge in [-0.3, -0.25) is 0 Å². The highest BCUT2D eigenvalue weighted by Crippen LogP contribution is 2.37. The van der Waals surface area contributed by atoms with Gasteiger partial charge in [0, 0.05) is 18.2 Å². The van der Waals surface area contributed by atoms with E-state index in [0.717, 1.165) is 0 Å². The molecule has 4 nitrogen and oxygen atoms in total. The molecule has 0 aromatic heterocycles. The maximum atomic E-state index is 9.86. The number of aromatic hydroxyl groups is 1.